The Labute approximate surface area is 134 Å². The fourth-order valence-corrected chi connectivity index (χ4v) is 2.74. The zero-order valence-electron chi connectivity index (χ0n) is 12.1. The number of rotatable bonds is 4. The van der Waals surface area contributed by atoms with Gasteiger partial charge in [-0.15, -0.1) is 0 Å². The molecule has 2 heterocycles. The minimum absolute atomic E-state index is 0.0386. The third kappa shape index (κ3) is 2.35. The maximum absolute atomic E-state index is 12.0. The number of hydrogen-bond acceptors (Lipinski definition) is 8. The molecule has 1 aromatic rings. The zero-order valence-corrected chi connectivity index (χ0v) is 12.1. The van der Waals surface area contributed by atoms with E-state index in [1.807, 2.05) is 0 Å². The molecule has 9 heteroatoms. The van der Waals surface area contributed by atoms with E-state index in [4.69, 9.17) is 9.47 Å². The molecule has 0 aliphatic carbocycles. The zero-order chi connectivity index (χ0) is 17.4. The van der Waals surface area contributed by atoms with E-state index in [0.29, 0.717) is 0 Å². The Morgan fingerprint density at radius 1 is 1.00 bits per heavy atom. The van der Waals surface area contributed by atoms with Crippen LogP contribution in [0.25, 0.3) is 0 Å². The largest absolute Gasteiger partial charge is 0.508 e. The fourth-order valence-electron chi connectivity index (χ4n) is 2.74. The Bertz CT molecular complexity index is 783. The van der Waals surface area contributed by atoms with Crippen LogP contribution in [0.4, 0.5) is 5.69 Å². The number of aliphatic hydroxyl groups excluding tert-OH is 2. The molecule has 0 bridgehead atoms. The van der Waals surface area contributed by atoms with Crippen molar-refractivity contribution in [3.63, 3.8) is 0 Å². The van der Waals surface area contributed by atoms with Crippen molar-refractivity contribution >= 4 is 17.6 Å². The standard InChI is InChI=1S/C15H11NO8/c17-9-5-23-14(19)12(9)11(13-10(18)6-24-15(13)20)7-3-1-2-4-8(7)16(21)22/h1-4,11,17-18H,5-6H2. The number of nitrogens with zero attached hydrogens (tertiary/aromatic N) is 1. The number of nitro groups is 1. The van der Waals surface area contributed by atoms with Gasteiger partial charge in [-0.25, -0.2) is 9.59 Å². The summed E-state index contributed by atoms with van der Waals surface area (Å²) in [6, 6.07) is 5.42. The van der Waals surface area contributed by atoms with Crippen molar-refractivity contribution in [1.82, 2.24) is 0 Å². The number of ether oxygens (including phenoxy) is 2. The van der Waals surface area contributed by atoms with Gasteiger partial charge in [-0.1, -0.05) is 18.2 Å². The lowest BCUT2D eigenvalue weighted by Gasteiger charge is -2.17. The summed E-state index contributed by atoms with van der Waals surface area (Å²) < 4.78 is 9.44. The van der Waals surface area contributed by atoms with Crippen LogP contribution in [0, 0.1) is 10.1 Å². The molecule has 124 valence electrons. The van der Waals surface area contributed by atoms with Crippen molar-refractivity contribution in [3.8, 4) is 0 Å². The normalized spacial score (nSPS) is 17.5. The molecule has 3 rings (SSSR count). The summed E-state index contributed by atoms with van der Waals surface area (Å²) in [5, 5.41) is 31.2. The Balaban J connectivity index is 2.27. The molecule has 0 aromatic heterocycles. The highest BCUT2D eigenvalue weighted by molar-refractivity contribution is 6.01. The highest BCUT2D eigenvalue weighted by Crippen LogP contribution is 2.42. The summed E-state index contributed by atoms with van der Waals surface area (Å²) in [6.07, 6.45) is 0. The number of nitro benzene ring substituents is 1. The Hall–Kier alpha value is -3.36. The summed E-state index contributed by atoms with van der Waals surface area (Å²) in [7, 11) is 0. The van der Waals surface area contributed by atoms with Gasteiger partial charge in [0.05, 0.1) is 22.0 Å². The van der Waals surface area contributed by atoms with Gasteiger partial charge in [-0.3, -0.25) is 10.1 Å². The average Bonchev–Trinajstić information content (AvgIpc) is 3.05. The first kappa shape index (κ1) is 15.5. The molecule has 0 unspecified atom stereocenters. The van der Waals surface area contributed by atoms with Gasteiger partial charge in [-0.05, 0) is 0 Å². The van der Waals surface area contributed by atoms with Crippen molar-refractivity contribution in [1.29, 1.82) is 0 Å². The van der Waals surface area contributed by atoms with Crippen molar-refractivity contribution in [3.05, 3.63) is 62.6 Å². The second kappa shape index (κ2) is 5.69. The summed E-state index contributed by atoms with van der Waals surface area (Å²) >= 11 is 0. The quantitative estimate of drug-likeness (QED) is 0.479. The van der Waals surface area contributed by atoms with Gasteiger partial charge in [-0.2, -0.15) is 0 Å². The van der Waals surface area contributed by atoms with E-state index in [1.165, 1.54) is 24.3 Å². The molecule has 0 amide bonds. The number of para-hydroxylation sites is 1. The molecule has 0 saturated heterocycles. The van der Waals surface area contributed by atoms with Crippen LogP contribution in [0.2, 0.25) is 0 Å². The van der Waals surface area contributed by atoms with Crippen molar-refractivity contribution in [2.75, 3.05) is 13.2 Å². The predicted molar refractivity (Wildman–Crippen MR) is 77.1 cm³/mol. The van der Waals surface area contributed by atoms with Crippen LogP contribution in [0.3, 0.4) is 0 Å². The SMILES string of the molecule is O=C1OCC(O)=C1C(C1=C(O)COC1=O)c1ccccc1[N+](=O)[O-]. The lowest BCUT2D eigenvalue weighted by molar-refractivity contribution is -0.385. The van der Waals surface area contributed by atoms with Gasteiger partial charge in [0.1, 0.15) is 24.7 Å². The topological polar surface area (TPSA) is 136 Å². The number of hydrogen-bond donors (Lipinski definition) is 2. The number of benzene rings is 1. The number of carbonyl (C=O) groups is 2. The van der Waals surface area contributed by atoms with Crippen LogP contribution in [-0.4, -0.2) is 40.3 Å². The van der Waals surface area contributed by atoms with Crippen LogP contribution in [-0.2, 0) is 19.1 Å². The summed E-state index contributed by atoms with van der Waals surface area (Å²) in [6.45, 7) is -0.817. The molecule has 0 radical (unpaired) electrons. The third-order valence-corrected chi connectivity index (χ3v) is 3.76. The Morgan fingerprint density at radius 2 is 1.50 bits per heavy atom. The van der Waals surface area contributed by atoms with E-state index in [1.54, 1.807) is 0 Å². The van der Waals surface area contributed by atoms with Gasteiger partial charge in [0, 0.05) is 11.6 Å². The van der Waals surface area contributed by atoms with Gasteiger partial charge < -0.3 is 19.7 Å². The average molecular weight is 333 g/mol. The fraction of sp³-hybridized carbons (Fsp3) is 0.200. The van der Waals surface area contributed by atoms with Crippen LogP contribution in [0.1, 0.15) is 11.5 Å². The first-order valence-electron chi connectivity index (χ1n) is 6.83. The van der Waals surface area contributed by atoms with Gasteiger partial charge in [0.25, 0.3) is 5.69 Å². The molecule has 0 fully saturated rings. The maximum atomic E-state index is 12.0. The molecular weight excluding hydrogens is 322 g/mol. The highest BCUT2D eigenvalue weighted by atomic mass is 16.6. The van der Waals surface area contributed by atoms with Gasteiger partial charge in [0.2, 0.25) is 0 Å². The summed E-state index contributed by atoms with van der Waals surface area (Å²) in [4.78, 5) is 34.6. The Kier molecular flexibility index (Phi) is 3.68. The molecule has 1 aromatic carbocycles. The van der Waals surface area contributed by atoms with E-state index >= 15 is 0 Å². The first-order valence-corrected chi connectivity index (χ1v) is 6.83. The lowest BCUT2D eigenvalue weighted by Crippen LogP contribution is -2.18. The molecular formula is C15H11NO8. The number of carbonyl (C=O) groups excluding carboxylic acids is 2. The van der Waals surface area contributed by atoms with Crippen LogP contribution >= 0.6 is 0 Å². The molecule has 9 nitrogen and oxygen atoms in total. The van der Waals surface area contributed by atoms with Crippen molar-refractivity contribution < 1.29 is 34.2 Å². The first-order chi connectivity index (χ1) is 11.4. The van der Waals surface area contributed by atoms with Crippen LogP contribution in [0.15, 0.2) is 46.9 Å². The molecule has 24 heavy (non-hydrogen) atoms. The predicted octanol–water partition coefficient (Wildman–Crippen LogP) is 1.42. The van der Waals surface area contributed by atoms with E-state index < -0.39 is 47.5 Å². The van der Waals surface area contributed by atoms with Crippen LogP contribution < -0.4 is 0 Å². The number of aliphatic hydroxyl groups is 2. The number of esters is 2. The molecule has 0 spiro atoms. The van der Waals surface area contributed by atoms with Crippen molar-refractivity contribution in [2.24, 2.45) is 0 Å². The van der Waals surface area contributed by atoms with Gasteiger partial charge in [0.15, 0.2) is 0 Å². The lowest BCUT2D eigenvalue weighted by atomic mass is 9.83. The minimum Gasteiger partial charge on any atom is -0.508 e. The van der Waals surface area contributed by atoms with E-state index in [-0.39, 0.29) is 22.4 Å². The molecule has 2 aliphatic rings. The van der Waals surface area contributed by atoms with Crippen molar-refractivity contribution in [2.45, 2.75) is 5.92 Å². The molecule has 2 aliphatic heterocycles. The smallest absolute Gasteiger partial charge is 0.338 e. The number of cyclic esters (lactones) is 2. The summed E-state index contributed by atoms with van der Waals surface area (Å²) in [5.74, 6) is -4.12. The Morgan fingerprint density at radius 3 is 1.92 bits per heavy atom. The second-order valence-corrected chi connectivity index (χ2v) is 5.12. The highest BCUT2D eigenvalue weighted by Gasteiger charge is 2.44. The monoisotopic (exact) mass is 333 g/mol. The van der Waals surface area contributed by atoms with E-state index in [9.17, 15) is 29.9 Å². The van der Waals surface area contributed by atoms with E-state index in [2.05, 4.69) is 0 Å². The maximum Gasteiger partial charge on any atom is 0.338 e. The second-order valence-electron chi connectivity index (χ2n) is 5.12. The van der Waals surface area contributed by atoms with Crippen LogP contribution in [0.5, 0.6) is 0 Å². The van der Waals surface area contributed by atoms with E-state index in [0.717, 1.165) is 0 Å². The minimum atomic E-state index is -1.36. The molecule has 2 N–H and O–H groups in total. The summed E-state index contributed by atoms with van der Waals surface area (Å²) in [5.41, 5.74) is -1.07. The molecule has 0 saturated carbocycles. The van der Waals surface area contributed by atoms with Gasteiger partial charge >= 0.3 is 11.9 Å². The molecule has 0 atom stereocenters. The third-order valence-electron chi connectivity index (χ3n) is 3.76.